The molecule has 0 aromatic heterocycles. The van der Waals surface area contributed by atoms with Crippen LogP contribution in [0.3, 0.4) is 0 Å². The van der Waals surface area contributed by atoms with E-state index in [4.69, 9.17) is 15.2 Å². The van der Waals surface area contributed by atoms with Crippen LogP contribution >= 0.6 is 0 Å². The third kappa shape index (κ3) is 6.78. The Morgan fingerprint density at radius 3 is 2.74 bits per heavy atom. The first-order valence-electron chi connectivity index (χ1n) is 7.18. The summed E-state index contributed by atoms with van der Waals surface area (Å²) >= 11 is 0. The molecule has 0 aliphatic carbocycles. The van der Waals surface area contributed by atoms with E-state index < -0.39 is 5.60 Å². The third-order valence-corrected chi connectivity index (χ3v) is 3.10. The number of hydrogen-bond acceptors (Lipinski definition) is 4. The minimum absolute atomic E-state index is 0.194. The minimum Gasteiger partial charge on any atom is -0.444 e. The van der Waals surface area contributed by atoms with Crippen molar-refractivity contribution < 1.29 is 14.3 Å². The molecule has 1 aliphatic rings. The summed E-state index contributed by atoms with van der Waals surface area (Å²) in [6.07, 6.45) is 2.99. The highest BCUT2D eigenvalue weighted by molar-refractivity contribution is 5.68. The van der Waals surface area contributed by atoms with E-state index in [1.807, 2.05) is 25.7 Å². The number of carbonyl (C=O) groups is 1. The molecule has 0 aromatic carbocycles. The maximum atomic E-state index is 12.0. The van der Waals surface area contributed by atoms with Crippen LogP contribution in [0.5, 0.6) is 0 Å². The summed E-state index contributed by atoms with van der Waals surface area (Å²) in [5.41, 5.74) is 4.95. The van der Waals surface area contributed by atoms with Gasteiger partial charge in [-0.2, -0.15) is 0 Å². The highest BCUT2D eigenvalue weighted by Crippen LogP contribution is 2.21. The van der Waals surface area contributed by atoms with Gasteiger partial charge in [0, 0.05) is 26.2 Å². The number of rotatable bonds is 5. The molecule has 0 radical (unpaired) electrons. The Hall–Kier alpha value is -0.810. The summed E-state index contributed by atoms with van der Waals surface area (Å²) in [4.78, 5) is 13.8. The molecule has 0 bridgehead atoms. The van der Waals surface area contributed by atoms with Crippen molar-refractivity contribution in [2.75, 3.05) is 32.8 Å². The van der Waals surface area contributed by atoms with Crippen molar-refractivity contribution in [2.45, 2.75) is 45.6 Å². The first kappa shape index (κ1) is 16.2. The minimum atomic E-state index is -0.422. The maximum absolute atomic E-state index is 12.0. The Balaban J connectivity index is 2.31. The van der Waals surface area contributed by atoms with Crippen molar-refractivity contribution in [1.82, 2.24) is 4.90 Å². The molecule has 1 saturated heterocycles. The highest BCUT2D eigenvalue weighted by Gasteiger charge is 2.27. The fourth-order valence-electron chi connectivity index (χ4n) is 2.23. The van der Waals surface area contributed by atoms with Gasteiger partial charge in [0.15, 0.2) is 0 Å². The number of nitrogens with two attached hydrogens (primary N) is 1. The van der Waals surface area contributed by atoms with Gasteiger partial charge in [-0.25, -0.2) is 4.79 Å². The van der Waals surface area contributed by atoms with Crippen LogP contribution in [0.4, 0.5) is 4.79 Å². The van der Waals surface area contributed by atoms with Gasteiger partial charge in [0.25, 0.3) is 0 Å². The SMILES string of the molecule is CC(C)(C)OC(=O)N1CCCC(CCOCCN)C1. The Labute approximate surface area is 116 Å². The average Bonchev–Trinajstić information content (AvgIpc) is 2.33. The molecule has 1 heterocycles. The molecule has 112 valence electrons. The predicted octanol–water partition coefficient (Wildman–Crippen LogP) is 2.00. The van der Waals surface area contributed by atoms with Crippen molar-refractivity contribution in [3.63, 3.8) is 0 Å². The molecule has 1 amide bonds. The van der Waals surface area contributed by atoms with Crippen LogP contribution in [0, 0.1) is 5.92 Å². The van der Waals surface area contributed by atoms with Gasteiger partial charge in [0.05, 0.1) is 6.61 Å². The first-order chi connectivity index (χ1) is 8.92. The quantitative estimate of drug-likeness (QED) is 0.777. The number of nitrogens with zero attached hydrogens (tertiary/aromatic N) is 1. The number of piperidine rings is 1. The zero-order valence-electron chi connectivity index (χ0n) is 12.5. The molecular weight excluding hydrogens is 244 g/mol. The van der Waals surface area contributed by atoms with Gasteiger partial charge in [0.2, 0.25) is 0 Å². The van der Waals surface area contributed by atoms with Crippen LogP contribution in [-0.4, -0.2) is 49.4 Å². The lowest BCUT2D eigenvalue weighted by Gasteiger charge is -2.34. The fraction of sp³-hybridized carbons (Fsp3) is 0.929. The zero-order chi connectivity index (χ0) is 14.3. The van der Waals surface area contributed by atoms with E-state index in [0.29, 0.717) is 19.1 Å². The lowest BCUT2D eigenvalue weighted by Crippen LogP contribution is -2.43. The van der Waals surface area contributed by atoms with Crippen molar-refractivity contribution in [2.24, 2.45) is 11.7 Å². The van der Waals surface area contributed by atoms with Gasteiger partial charge in [-0.15, -0.1) is 0 Å². The Morgan fingerprint density at radius 2 is 2.11 bits per heavy atom. The van der Waals surface area contributed by atoms with Gasteiger partial charge in [-0.1, -0.05) is 0 Å². The normalized spacial score (nSPS) is 20.4. The van der Waals surface area contributed by atoms with Crippen LogP contribution in [0.1, 0.15) is 40.0 Å². The second kappa shape index (κ2) is 7.70. The summed E-state index contributed by atoms with van der Waals surface area (Å²) < 4.78 is 10.8. The van der Waals surface area contributed by atoms with Crippen molar-refractivity contribution in [1.29, 1.82) is 0 Å². The summed E-state index contributed by atoms with van der Waals surface area (Å²) in [5.74, 6) is 0.513. The van der Waals surface area contributed by atoms with E-state index in [2.05, 4.69) is 0 Å². The predicted molar refractivity (Wildman–Crippen MR) is 75.0 cm³/mol. The van der Waals surface area contributed by atoms with Crippen LogP contribution in [0.15, 0.2) is 0 Å². The third-order valence-electron chi connectivity index (χ3n) is 3.10. The number of likely N-dealkylation sites (tertiary alicyclic amines) is 1. The van der Waals surface area contributed by atoms with E-state index in [1.54, 1.807) is 0 Å². The number of hydrogen-bond donors (Lipinski definition) is 1. The van der Waals surface area contributed by atoms with Gasteiger partial charge in [-0.3, -0.25) is 0 Å². The van der Waals surface area contributed by atoms with Crippen LogP contribution < -0.4 is 5.73 Å². The summed E-state index contributed by atoms with van der Waals surface area (Å²) in [5, 5.41) is 0. The van der Waals surface area contributed by atoms with E-state index >= 15 is 0 Å². The van der Waals surface area contributed by atoms with Gasteiger partial charge in [0.1, 0.15) is 5.60 Å². The summed E-state index contributed by atoms with van der Waals surface area (Å²) in [7, 11) is 0. The van der Waals surface area contributed by atoms with Gasteiger partial charge < -0.3 is 20.1 Å². The van der Waals surface area contributed by atoms with Crippen LogP contribution in [0.2, 0.25) is 0 Å². The summed E-state index contributed by atoms with van der Waals surface area (Å²) in [6, 6.07) is 0. The molecule has 0 saturated carbocycles. The van der Waals surface area contributed by atoms with E-state index in [9.17, 15) is 4.79 Å². The molecule has 1 fully saturated rings. The Kier molecular flexibility index (Phi) is 6.58. The van der Waals surface area contributed by atoms with Gasteiger partial charge in [-0.05, 0) is 46.0 Å². The monoisotopic (exact) mass is 272 g/mol. The fourth-order valence-corrected chi connectivity index (χ4v) is 2.23. The van der Waals surface area contributed by atoms with Crippen LogP contribution in [0.25, 0.3) is 0 Å². The smallest absolute Gasteiger partial charge is 0.410 e. The van der Waals surface area contributed by atoms with E-state index in [-0.39, 0.29) is 6.09 Å². The molecular formula is C14H28N2O3. The molecule has 19 heavy (non-hydrogen) atoms. The highest BCUT2D eigenvalue weighted by atomic mass is 16.6. The standard InChI is InChI=1S/C14H28N2O3/c1-14(2,3)19-13(17)16-8-4-5-12(11-16)6-9-18-10-7-15/h12H,4-11,15H2,1-3H3. The topological polar surface area (TPSA) is 64.8 Å². The van der Waals surface area contributed by atoms with Crippen LogP contribution in [-0.2, 0) is 9.47 Å². The number of ether oxygens (including phenoxy) is 2. The maximum Gasteiger partial charge on any atom is 0.410 e. The number of amides is 1. The second-order valence-electron chi connectivity index (χ2n) is 6.12. The molecule has 1 unspecified atom stereocenters. The van der Waals surface area contributed by atoms with E-state index in [1.165, 1.54) is 0 Å². The molecule has 1 rings (SSSR count). The zero-order valence-corrected chi connectivity index (χ0v) is 12.5. The molecule has 0 spiro atoms. The lowest BCUT2D eigenvalue weighted by atomic mass is 9.95. The average molecular weight is 272 g/mol. The molecule has 5 nitrogen and oxygen atoms in total. The second-order valence-corrected chi connectivity index (χ2v) is 6.12. The molecule has 2 N–H and O–H groups in total. The Bertz CT molecular complexity index is 276. The van der Waals surface area contributed by atoms with Crippen molar-refractivity contribution >= 4 is 6.09 Å². The lowest BCUT2D eigenvalue weighted by molar-refractivity contribution is 0.0140. The molecule has 0 aromatic rings. The molecule has 1 aliphatic heterocycles. The summed E-state index contributed by atoms with van der Waals surface area (Å²) in [6.45, 7) is 9.17. The Morgan fingerprint density at radius 1 is 1.37 bits per heavy atom. The van der Waals surface area contributed by atoms with Crippen molar-refractivity contribution in [3.8, 4) is 0 Å². The van der Waals surface area contributed by atoms with Crippen molar-refractivity contribution in [3.05, 3.63) is 0 Å². The number of carbonyl (C=O) groups excluding carboxylic acids is 1. The largest absolute Gasteiger partial charge is 0.444 e. The van der Waals surface area contributed by atoms with E-state index in [0.717, 1.165) is 39.0 Å². The molecule has 1 atom stereocenters. The van der Waals surface area contributed by atoms with Gasteiger partial charge >= 0.3 is 6.09 Å². The first-order valence-corrected chi connectivity index (χ1v) is 7.18. The molecule has 5 heteroatoms.